The van der Waals surface area contributed by atoms with Crippen molar-refractivity contribution in [2.45, 2.75) is 22.9 Å². The summed E-state index contributed by atoms with van der Waals surface area (Å²) in [5.41, 5.74) is 3.19. The molecule has 1 N–H and O–H groups in total. The van der Waals surface area contributed by atoms with Crippen molar-refractivity contribution in [2.24, 2.45) is 5.16 Å². The highest BCUT2D eigenvalue weighted by Gasteiger charge is 2.30. The van der Waals surface area contributed by atoms with Gasteiger partial charge in [0, 0.05) is 10.5 Å². The van der Waals surface area contributed by atoms with Crippen LogP contribution >= 0.6 is 11.8 Å². The first-order chi connectivity index (χ1) is 19.6. The van der Waals surface area contributed by atoms with Crippen molar-refractivity contribution < 1.29 is 28.9 Å². The number of rotatable bonds is 13. The third-order valence-electron chi connectivity index (χ3n) is 5.96. The number of ether oxygens (including phenoxy) is 3. The molecule has 4 rings (SSSR count). The highest BCUT2D eigenvalue weighted by molar-refractivity contribution is 8.00. The van der Waals surface area contributed by atoms with Crippen LogP contribution in [0.15, 0.2) is 119 Å². The summed E-state index contributed by atoms with van der Waals surface area (Å²) >= 11 is 1.26. The molecule has 0 aliphatic rings. The third-order valence-corrected chi connectivity index (χ3v) is 7.21. The number of thioether (sulfide) groups is 1. The van der Waals surface area contributed by atoms with Gasteiger partial charge in [-0.25, -0.2) is 0 Å². The molecule has 206 valence electrons. The van der Waals surface area contributed by atoms with Crippen LogP contribution in [0.4, 0.5) is 0 Å². The Kier molecular flexibility index (Phi) is 10.6. The predicted octanol–water partition coefficient (Wildman–Crippen LogP) is 6.06. The second-order valence-corrected chi connectivity index (χ2v) is 9.91. The van der Waals surface area contributed by atoms with Crippen LogP contribution in [-0.2, 0) is 21.0 Å². The van der Waals surface area contributed by atoms with Crippen molar-refractivity contribution in [3.05, 3.63) is 126 Å². The van der Waals surface area contributed by atoms with E-state index in [1.54, 1.807) is 24.3 Å². The molecule has 0 saturated heterocycles. The van der Waals surface area contributed by atoms with Gasteiger partial charge in [-0.05, 0) is 47.5 Å². The second-order valence-electron chi connectivity index (χ2n) is 8.70. The number of carbonyl (C=O) groups excluding carboxylic acids is 1. The van der Waals surface area contributed by atoms with Crippen LogP contribution in [0.5, 0.6) is 11.5 Å². The van der Waals surface area contributed by atoms with Gasteiger partial charge in [0.1, 0.15) is 48.9 Å². The Balaban J connectivity index is 1.31. The summed E-state index contributed by atoms with van der Waals surface area (Å²) in [6, 6.07) is 33.9. The van der Waals surface area contributed by atoms with Crippen LogP contribution < -0.4 is 9.47 Å². The van der Waals surface area contributed by atoms with E-state index in [0.29, 0.717) is 29.4 Å². The topological polar surface area (TPSA) is 86.6 Å². The van der Waals surface area contributed by atoms with Crippen LogP contribution in [0.1, 0.15) is 22.8 Å². The Morgan fingerprint density at radius 3 is 2.02 bits per heavy atom. The first-order valence-corrected chi connectivity index (χ1v) is 13.5. The lowest BCUT2D eigenvalue weighted by molar-refractivity contribution is -0.142. The third kappa shape index (κ3) is 8.11. The summed E-state index contributed by atoms with van der Waals surface area (Å²) in [7, 11) is 2.83. The summed E-state index contributed by atoms with van der Waals surface area (Å²) in [5, 5.41) is 14.2. The van der Waals surface area contributed by atoms with Crippen LogP contribution in [0.3, 0.4) is 0 Å². The molecular formula is C32H31NO6S. The molecule has 0 saturated carbocycles. The van der Waals surface area contributed by atoms with Gasteiger partial charge in [0.2, 0.25) is 0 Å². The molecule has 4 aromatic carbocycles. The SMILES string of the molecule is CO/N=C(/COc1ccc(COc2ccc(C(O)C(Sc3ccccc3)C(=O)OC)cc2)cc1)c1ccccc1. The maximum absolute atomic E-state index is 12.4. The molecule has 7 nitrogen and oxygen atoms in total. The van der Waals surface area contributed by atoms with Gasteiger partial charge in [-0.15, -0.1) is 11.8 Å². The summed E-state index contributed by atoms with van der Waals surface area (Å²) in [6.45, 7) is 0.629. The number of methoxy groups -OCH3 is 1. The molecule has 0 fully saturated rings. The highest BCUT2D eigenvalue weighted by atomic mass is 32.2. The first kappa shape index (κ1) is 28.7. The van der Waals surface area contributed by atoms with Gasteiger partial charge in [0.25, 0.3) is 0 Å². The van der Waals surface area contributed by atoms with Gasteiger partial charge in [0.05, 0.1) is 7.11 Å². The Hall–Kier alpha value is -4.27. The van der Waals surface area contributed by atoms with Crippen molar-refractivity contribution >= 4 is 23.4 Å². The monoisotopic (exact) mass is 557 g/mol. The molecule has 2 atom stereocenters. The molecule has 0 amide bonds. The minimum Gasteiger partial charge on any atom is -0.489 e. The molecule has 0 radical (unpaired) electrons. The van der Waals surface area contributed by atoms with Crippen molar-refractivity contribution in [2.75, 3.05) is 20.8 Å². The van der Waals surface area contributed by atoms with Crippen LogP contribution in [-0.4, -0.2) is 42.9 Å². The van der Waals surface area contributed by atoms with Crippen LogP contribution in [0.25, 0.3) is 0 Å². The molecule has 40 heavy (non-hydrogen) atoms. The zero-order chi connectivity index (χ0) is 28.2. The molecule has 4 aromatic rings. The number of carbonyl (C=O) groups is 1. The lowest BCUT2D eigenvalue weighted by Crippen LogP contribution is -2.26. The van der Waals surface area contributed by atoms with E-state index in [9.17, 15) is 9.90 Å². The van der Waals surface area contributed by atoms with Gasteiger partial charge in [-0.2, -0.15) is 0 Å². The number of benzene rings is 4. The number of hydrogen-bond acceptors (Lipinski definition) is 8. The molecule has 0 aromatic heterocycles. The molecule has 2 unspecified atom stereocenters. The summed E-state index contributed by atoms with van der Waals surface area (Å²) < 4.78 is 16.8. The Bertz CT molecular complexity index is 1360. The quantitative estimate of drug-likeness (QED) is 0.0925. The van der Waals surface area contributed by atoms with Crippen molar-refractivity contribution in [3.63, 3.8) is 0 Å². The van der Waals surface area contributed by atoms with E-state index in [4.69, 9.17) is 19.0 Å². The zero-order valence-corrected chi connectivity index (χ0v) is 23.1. The maximum Gasteiger partial charge on any atom is 0.322 e. The van der Waals surface area contributed by atoms with E-state index in [1.807, 2.05) is 84.9 Å². The number of nitrogens with zero attached hydrogens (tertiary/aromatic N) is 1. The van der Waals surface area contributed by atoms with E-state index in [0.717, 1.165) is 16.0 Å². The number of hydrogen-bond donors (Lipinski definition) is 1. The van der Waals surface area contributed by atoms with Gasteiger partial charge in [-0.3, -0.25) is 4.79 Å². The zero-order valence-electron chi connectivity index (χ0n) is 22.3. The summed E-state index contributed by atoms with van der Waals surface area (Å²) in [5.74, 6) is 0.858. The van der Waals surface area contributed by atoms with E-state index in [2.05, 4.69) is 5.16 Å². The van der Waals surface area contributed by atoms with Gasteiger partial charge < -0.3 is 24.2 Å². The normalized spacial score (nSPS) is 12.7. The van der Waals surface area contributed by atoms with Crippen LogP contribution in [0.2, 0.25) is 0 Å². The lowest BCUT2D eigenvalue weighted by Gasteiger charge is -2.21. The van der Waals surface area contributed by atoms with Crippen LogP contribution in [0, 0.1) is 0 Å². The number of esters is 1. The van der Waals surface area contributed by atoms with Crippen molar-refractivity contribution in [1.29, 1.82) is 0 Å². The lowest BCUT2D eigenvalue weighted by atomic mass is 10.1. The van der Waals surface area contributed by atoms with Gasteiger partial charge in [0.15, 0.2) is 0 Å². The Labute approximate surface area is 238 Å². The fraction of sp³-hybridized carbons (Fsp3) is 0.188. The summed E-state index contributed by atoms with van der Waals surface area (Å²) in [4.78, 5) is 18.2. The minimum absolute atomic E-state index is 0.270. The fourth-order valence-corrected chi connectivity index (χ4v) is 4.93. The minimum atomic E-state index is -1.05. The van der Waals surface area contributed by atoms with E-state index in [1.165, 1.54) is 26.0 Å². The number of aliphatic hydroxyl groups excluding tert-OH is 1. The second kappa shape index (κ2) is 14.8. The number of oxime groups is 1. The predicted molar refractivity (Wildman–Crippen MR) is 156 cm³/mol. The van der Waals surface area contributed by atoms with E-state index in [-0.39, 0.29) is 6.61 Å². The average Bonchev–Trinajstić information content (AvgIpc) is 3.02. The Morgan fingerprint density at radius 1 is 0.800 bits per heavy atom. The highest BCUT2D eigenvalue weighted by Crippen LogP contribution is 2.33. The molecule has 0 bridgehead atoms. The standard InChI is InChI=1S/C32H31NO6S/c1-36-32(35)31(40-28-11-7-4-8-12-28)30(34)25-15-19-27(20-16-25)38-21-23-13-17-26(18-14-23)39-22-29(33-37-2)24-9-5-3-6-10-24/h3-20,30-31,34H,21-22H2,1-2H3/b33-29-. The fourth-order valence-electron chi connectivity index (χ4n) is 3.84. The smallest absolute Gasteiger partial charge is 0.322 e. The van der Waals surface area contributed by atoms with E-state index < -0.39 is 17.3 Å². The van der Waals surface area contributed by atoms with Crippen molar-refractivity contribution in [1.82, 2.24) is 0 Å². The molecule has 0 aliphatic carbocycles. The number of aliphatic hydroxyl groups is 1. The molecule has 0 heterocycles. The molecule has 0 spiro atoms. The van der Waals surface area contributed by atoms with Crippen molar-refractivity contribution in [3.8, 4) is 11.5 Å². The maximum atomic E-state index is 12.4. The van der Waals surface area contributed by atoms with Gasteiger partial charge in [-0.1, -0.05) is 78.0 Å². The largest absolute Gasteiger partial charge is 0.489 e. The van der Waals surface area contributed by atoms with Gasteiger partial charge >= 0.3 is 5.97 Å². The average molecular weight is 558 g/mol. The molecule has 0 aliphatic heterocycles. The summed E-state index contributed by atoms with van der Waals surface area (Å²) in [6.07, 6.45) is -1.05. The molecular weight excluding hydrogens is 526 g/mol. The Morgan fingerprint density at radius 2 is 1.40 bits per heavy atom. The first-order valence-electron chi connectivity index (χ1n) is 12.6. The molecule has 8 heteroatoms. The van der Waals surface area contributed by atoms with E-state index >= 15 is 0 Å².